The van der Waals surface area contributed by atoms with Gasteiger partial charge in [0.15, 0.2) is 0 Å². The highest BCUT2D eigenvalue weighted by molar-refractivity contribution is 5.94. The van der Waals surface area contributed by atoms with Gasteiger partial charge in [0.05, 0.1) is 19.1 Å². The predicted molar refractivity (Wildman–Crippen MR) is 103 cm³/mol. The molecule has 2 aromatic carbocycles. The van der Waals surface area contributed by atoms with Gasteiger partial charge in [0.2, 0.25) is 5.91 Å². The monoisotopic (exact) mass is 348 g/mol. The first-order chi connectivity index (χ1) is 12.5. The van der Waals surface area contributed by atoms with Crippen LogP contribution in [0.5, 0.6) is 0 Å². The van der Waals surface area contributed by atoms with E-state index in [1.54, 1.807) is 4.90 Å². The Labute approximate surface area is 153 Å². The number of amides is 1. The van der Waals surface area contributed by atoms with Crippen LogP contribution in [-0.2, 0) is 17.8 Å². The second-order valence-corrected chi connectivity index (χ2v) is 7.34. The number of H-pyrrole nitrogens is 1. The molecule has 0 saturated carbocycles. The molecule has 0 saturated heterocycles. The van der Waals surface area contributed by atoms with Crippen molar-refractivity contribution in [1.82, 2.24) is 9.88 Å². The van der Waals surface area contributed by atoms with E-state index in [4.69, 9.17) is 0 Å². The Balaban J connectivity index is 1.65. The lowest BCUT2D eigenvalue weighted by atomic mass is 9.96. The zero-order chi connectivity index (χ0) is 18.4. The van der Waals surface area contributed by atoms with Crippen LogP contribution in [0.2, 0.25) is 0 Å². The van der Waals surface area contributed by atoms with E-state index in [-0.39, 0.29) is 5.91 Å². The number of benzene rings is 2. The zero-order valence-electron chi connectivity index (χ0n) is 15.5. The third-order valence-corrected chi connectivity index (χ3v) is 5.54. The van der Waals surface area contributed by atoms with E-state index in [9.17, 15) is 9.90 Å². The molecular weight excluding hydrogens is 324 g/mol. The molecule has 2 N–H and O–H groups in total. The molecule has 1 aliphatic rings. The maximum Gasteiger partial charge on any atom is 0.227 e. The van der Waals surface area contributed by atoms with Crippen molar-refractivity contribution in [1.29, 1.82) is 0 Å². The van der Waals surface area contributed by atoms with Gasteiger partial charge in [-0.3, -0.25) is 4.79 Å². The first-order valence-electron chi connectivity index (χ1n) is 9.06. The summed E-state index contributed by atoms with van der Waals surface area (Å²) in [4.78, 5) is 18.2. The van der Waals surface area contributed by atoms with Gasteiger partial charge in [0.1, 0.15) is 0 Å². The van der Waals surface area contributed by atoms with Gasteiger partial charge in [0.25, 0.3) is 0 Å². The summed E-state index contributed by atoms with van der Waals surface area (Å²) in [6.07, 6.45) is -0.262. The molecule has 134 valence electrons. The van der Waals surface area contributed by atoms with E-state index in [0.717, 1.165) is 33.3 Å². The second-order valence-electron chi connectivity index (χ2n) is 7.34. The van der Waals surface area contributed by atoms with E-state index in [1.165, 1.54) is 11.1 Å². The number of rotatable bonds is 2. The van der Waals surface area contributed by atoms with Crippen LogP contribution in [0.4, 0.5) is 0 Å². The fourth-order valence-corrected chi connectivity index (χ4v) is 4.07. The SMILES string of the molecule is Cc1[nH]c2c(C)ccc(C)c2c1CC(=O)N1Cc2ccccc2[C@H](O)C1. The summed E-state index contributed by atoms with van der Waals surface area (Å²) in [5, 5.41) is 11.6. The molecule has 1 amide bonds. The highest BCUT2D eigenvalue weighted by Gasteiger charge is 2.27. The third-order valence-electron chi connectivity index (χ3n) is 5.54. The van der Waals surface area contributed by atoms with E-state index >= 15 is 0 Å². The molecule has 26 heavy (non-hydrogen) atoms. The number of carbonyl (C=O) groups excluding carboxylic acids is 1. The molecule has 0 bridgehead atoms. The van der Waals surface area contributed by atoms with Crippen LogP contribution in [0.15, 0.2) is 36.4 Å². The number of aromatic amines is 1. The molecule has 1 atom stereocenters. The van der Waals surface area contributed by atoms with Gasteiger partial charge in [-0.1, -0.05) is 36.4 Å². The lowest BCUT2D eigenvalue weighted by Gasteiger charge is -2.32. The van der Waals surface area contributed by atoms with E-state index < -0.39 is 6.10 Å². The average molecular weight is 348 g/mol. The molecule has 0 fully saturated rings. The summed E-state index contributed by atoms with van der Waals surface area (Å²) in [6.45, 7) is 7.12. The van der Waals surface area contributed by atoms with Gasteiger partial charge < -0.3 is 15.0 Å². The standard InChI is InChI=1S/C22H24N2O2/c1-13-8-9-14(2)22-21(13)18(15(3)23-22)10-20(26)24-11-16-6-4-5-7-17(16)19(25)12-24/h4-9,19,23,25H,10-12H2,1-3H3/t19-/m1/s1. The molecular formula is C22H24N2O2. The Morgan fingerprint density at radius 2 is 1.88 bits per heavy atom. The highest BCUT2D eigenvalue weighted by atomic mass is 16.3. The van der Waals surface area contributed by atoms with Crippen LogP contribution in [0.3, 0.4) is 0 Å². The van der Waals surface area contributed by atoms with Gasteiger partial charge in [0, 0.05) is 23.1 Å². The largest absolute Gasteiger partial charge is 0.387 e. The van der Waals surface area contributed by atoms with Crippen LogP contribution >= 0.6 is 0 Å². The number of nitrogens with zero attached hydrogens (tertiary/aromatic N) is 1. The fourth-order valence-electron chi connectivity index (χ4n) is 4.07. The minimum Gasteiger partial charge on any atom is -0.387 e. The Kier molecular flexibility index (Phi) is 4.08. The quantitative estimate of drug-likeness (QED) is 0.742. The number of carbonyl (C=O) groups is 1. The summed E-state index contributed by atoms with van der Waals surface area (Å²) in [5.74, 6) is 0.0588. The molecule has 3 aromatic rings. The number of hydrogen-bond acceptors (Lipinski definition) is 2. The maximum atomic E-state index is 13.0. The number of nitrogens with one attached hydrogen (secondary N) is 1. The number of aliphatic hydroxyl groups excluding tert-OH is 1. The second kappa shape index (κ2) is 6.29. The lowest BCUT2D eigenvalue weighted by molar-refractivity contribution is -0.133. The molecule has 2 heterocycles. The van der Waals surface area contributed by atoms with E-state index in [2.05, 4.69) is 31.0 Å². The number of fused-ring (bicyclic) bond motifs is 2. The smallest absolute Gasteiger partial charge is 0.227 e. The minimum atomic E-state index is -0.614. The summed E-state index contributed by atoms with van der Waals surface area (Å²) in [5.41, 5.74) is 7.57. The molecule has 1 aromatic heterocycles. The molecule has 0 aliphatic carbocycles. The van der Waals surface area contributed by atoms with Crippen molar-refractivity contribution >= 4 is 16.8 Å². The Hall–Kier alpha value is -2.59. The van der Waals surface area contributed by atoms with Crippen molar-refractivity contribution in [2.75, 3.05) is 6.54 Å². The van der Waals surface area contributed by atoms with Crippen molar-refractivity contribution in [2.24, 2.45) is 0 Å². The molecule has 0 spiro atoms. The molecule has 1 aliphatic heterocycles. The summed E-state index contributed by atoms with van der Waals surface area (Å²) in [7, 11) is 0. The van der Waals surface area contributed by atoms with Crippen molar-refractivity contribution in [3.05, 3.63) is 69.9 Å². The van der Waals surface area contributed by atoms with Crippen molar-refractivity contribution in [2.45, 2.75) is 39.8 Å². The summed E-state index contributed by atoms with van der Waals surface area (Å²) < 4.78 is 0. The first-order valence-corrected chi connectivity index (χ1v) is 9.06. The van der Waals surface area contributed by atoms with Gasteiger partial charge in [-0.2, -0.15) is 0 Å². The number of hydrogen-bond donors (Lipinski definition) is 2. The van der Waals surface area contributed by atoms with E-state index in [0.29, 0.717) is 19.5 Å². The Morgan fingerprint density at radius 3 is 2.69 bits per heavy atom. The van der Waals surface area contributed by atoms with Crippen LogP contribution in [0.1, 0.15) is 39.6 Å². The zero-order valence-corrected chi connectivity index (χ0v) is 15.5. The third kappa shape index (κ3) is 2.71. The van der Waals surface area contributed by atoms with Crippen LogP contribution in [0.25, 0.3) is 10.9 Å². The number of aliphatic hydroxyl groups is 1. The lowest BCUT2D eigenvalue weighted by Crippen LogP contribution is -2.39. The maximum absolute atomic E-state index is 13.0. The van der Waals surface area contributed by atoms with Gasteiger partial charge in [-0.25, -0.2) is 0 Å². The number of aromatic nitrogens is 1. The Bertz CT molecular complexity index is 1000. The van der Waals surface area contributed by atoms with Crippen LogP contribution in [0, 0.1) is 20.8 Å². The van der Waals surface area contributed by atoms with Crippen LogP contribution in [-0.4, -0.2) is 27.4 Å². The predicted octanol–water partition coefficient (Wildman–Crippen LogP) is 3.71. The summed E-state index contributed by atoms with van der Waals surface area (Å²) in [6, 6.07) is 12.0. The highest BCUT2D eigenvalue weighted by Crippen LogP contribution is 2.30. The van der Waals surface area contributed by atoms with Crippen molar-refractivity contribution in [3.8, 4) is 0 Å². The Morgan fingerprint density at radius 1 is 1.15 bits per heavy atom. The number of aryl methyl sites for hydroxylation is 3. The van der Waals surface area contributed by atoms with Crippen LogP contribution < -0.4 is 0 Å². The van der Waals surface area contributed by atoms with Gasteiger partial charge in [-0.05, 0) is 48.6 Å². The molecule has 0 radical (unpaired) electrons. The fraction of sp³-hybridized carbons (Fsp3) is 0.318. The molecule has 4 rings (SSSR count). The first kappa shape index (κ1) is 16.9. The van der Waals surface area contributed by atoms with Crippen molar-refractivity contribution < 1.29 is 9.90 Å². The average Bonchev–Trinajstić information content (AvgIpc) is 2.96. The number of β-amino-alcohol motifs (C(OH)–C–C–N with tert-alkyl or cyclic N) is 1. The summed E-state index contributed by atoms with van der Waals surface area (Å²) >= 11 is 0. The minimum absolute atomic E-state index is 0.0588. The topological polar surface area (TPSA) is 56.3 Å². The molecule has 4 heteroatoms. The van der Waals surface area contributed by atoms with E-state index in [1.807, 2.05) is 31.2 Å². The normalized spacial score (nSPS) is 16.8. The van der Waals surface area contributed by atoms with Gasteiger partial charge in [-0.15, -0.1) is 0 Å². The van der Waals surface area contributed by atoms with Crippen molar-refractivity contribution in [3.63, 3.8) is 0 Å². The molecule has 4 nitrogen and oxygen atoms in total. The molecule has 0 unspecified atom stereocenters. The van der Waals surface area contributed by atoms with Gasteiger partial charge >= 0.3 is 0 Å².